The van der Waals surface area contributed by atoms with E-state index in [2.05, 4.69) is 21.2 Å². The summed E-state index contributed by atoms with van der Waals surface area (Å²) in [6.07, 6.45) is 0. The van der Waals surface area contributed by atoms with Gasteiger partial charge in [0.25, 0.3) is 0 Å². The lowest BCUT2D eigenvalue weighted by Gasteiger charge is -2.24. The minimum atomic E-state index is -0.957. The Balaban J connectivity index is 1.97. The highest BCUT2D eigenvalue weighted by molar-refractivity contribution is 9.10. The minimum absolute atomic E-state index is 0.264. The van der Waals surface area contributed by atoms with Crippen molar-refractivity contribution in [1.82, 2.24) is 5.32 Å². The van der Waals surface area contributed by atoms with Gasteiger partial charge < -0.3 is 10.4 Å². The molecule has 20 heavy (non-hydrogen) atoms. The average molecular weight is 338 g/mol. The van der Waals surface area contributed by atoms with Crippen LogP contribution in [-0.2, 0) is 12.1 Å². The molecule has 0 aliphatic rings. The van der Waals surface area contributed by atoms with Gasteiger partial charge in [-0.15, -0.1) is 0 Å². The first-order chi connectivity index (χ1) is 9.49. The Morgan fingerprint density at radius 3 is 2.60 bits per heavy atom. The van der Waals surface area contributed by atoms with Crippen LogP contribution in [0, 0.1) is 5.82 Å². The summed E-state index contributed by atoms with van der Waals surface area (Å²) >= 11 is 3.39. The molecular formula is C16H17BrFNO. The lowest BCUT2D eigenvalue weighted by Crippen LogP contribution is -2.35. The van der Waals surface area contributed by atoms with E-state index >= 15 is 0 Å². The molecule has 4 heteroatoms. The highest BCUT2D eigenvalue weighted by atomic mass is 79.9. The van der Waals surface area contributed by atoms with Gasteiger partial charge in [-0.3, -0.25) is 0 Å². The summed E-state index contributed by atoms with van der Waals surface area (Å²) in [5.74, 6) is -0.264. The summed E-state index contributed by atoms with van der Waals surface area (Å²) < 4.78 is 14.0. The summed E-state index contributed by atoms with van der Waals surface area (Å²) in [5, 5.41) is 13.6. The van der Waals surface area contributed by atoms with E-state index in [-0.39, 0.29) is 5.82 Å². The molecule has 0 saturated carbocycles. The maximum atomic E-state index is 13.2. The van der Waals surface area contributed by atoms with E-state index in [0.29, 0.717) is 13.1 Å². The maximum Gasteiger partial charge on any atom is 0.123 e. The van der Waals surface area contributed by atoms with Crippen LogP contribution in [0.3, 0.4) is 0 Å². The Kier molecular flexibility index (Phi) is 4.91. The fraction of sp³-hybridized carbons (Fsp3) is 0.250. The fourth-order valence-corrected chi connectivity index (χ4v) is 2.41. The second kappa shape index (κ2) is 6.48. The molecule has 0 bridgehead atoms. The van der Waals surface area contributed by atoms with Crippen molar-refractivity contribution in [3.05, 3.63) is 69.9 Å². The van der Waals surface area contributed by atoms with Crippen LogP contribution in [0.5, 0.6) is 0 Å². The molecule has 106 valence electrons. The molecule has 2 nitrogen and oxygen atoms in total. The van der Waals surface area contributed by atoms with Crippen LogP contribution >= 0.6 is 15.9 Å². The van der Waals surface area contributed by atoms with E-state index in [0.717, 1.165) is 15.6 Å². The van der Waals surface area contributed by atoms with Crippen LogP contribution in [0.15, 0.2) is 53.0 Å². The lowest BCUT2D eigenvalue weighted by molar-refractivity contribution is 0.0566. The highest BCUT2D eigenvalue weighted by Crippen LogP contribution is 2.20. The van der Waals surface area contributed by atoms with E-state index in [1.807, 2.05) is 30.3 Å². The van der Waals surface area contributed by atoms with Crippen LogP contribution in [0.25, 0.3) is 0 Å². The van der Waals surface area contributed by atoms with E-state index < -0.39 is 5.60 Å². The highest BCUT2D eigenvalue weighted by Gasteiger charge is 2.22. The minimum Gasteiger partial charge on any atom is -0.384 e. The molecule has 0 spiro atoms. The zero-order chi connectivity index (χ0) is 14.6. The topological polar surface area (TPSA) is 32.3 Å². The number of hydrogen-bond donors (Lipinski definition) is 2. The standard InChI is InChI=1S/C16H17BrFNO/c1-16(20,13-5-3-2-4-6-13)11-19-10-12-9-14(18)7-8-15(12)17/h2-9,19-20H,10-11H2,1H3. The summed E-state index contributed by atoms with van der Waals surface area (Å²) in [6, 6.07) is 14.1. The number of rotatable bonds is 5. The molecule has 0 saturated heterocycles. The molecule has 1 atom stereocenters. The van der Waals surface area contributed by atoms with Crippen molar-refractivity contribution in [2.45, 2.75) is 19.1 Å². The largest absolute Gasteiger partial charge is 0.384 e. The van der Waals surface area contributed by atoms with Crippen LogP contribution in [0.1, 0.15) is 18.1 Å². The van der Waals surface area contributed by atoms with Gasteiger partial charge in [0.1, 0.15) is 5.82 Å². The Morgan fingerprint density at radius 2 is 1.90 bits per heavy atom. The van der Waals surface area contributed by atoms with Crippen molar-refractivity contribution in [2.24, 2.45) is 0 Å². The Morgan fingerprint density at radius 1 is 1.20 bits per heavy atom. The quantitative estimate of drug-likeness (QED) is 0.873. The van der Waals surface area contributed by atoms with Gasteiger partial charge in [-0.25, -0.2) is 4.39 Å². The van der Waals surface area contributed by atoms with Crippen molar-refractivity contribution < 1.29 is 9.50 Å². The molecule has 0 fully saturated rings. The van der Waals surface area contributed by atoms with Crippen LogP contribution in [-0.4, -0.2) is 11.7 Å². The first-order valence-corrected chi connectivity index (χ1v) is 7.21. The van der Waals surface area contributed by atoms with Crippen LogP contribution in [0.2, 0.25) is 0 Å². The molecule has 0 heterocycles. The van der Waals surface area contributed by atoms with Crippen LogP contribution < -0.4 is 5.32 Å². The second-order valence-corrected chi connectivity index (χ2v) is 5.83. The average Bonchev–Trinajstić information content (AvgIpc) is 2.43. The molecule has 0 aliphatic carbocycles. The molecule has 0 aliphatic heterocycles. The monoisotopic (exact) mass is 337 g/mol. The Labute approximate surface area is 126 Å². The number of halogens is 2. The molecule has 0 radical (unpaired) electrons. The maximum absolute atomic E-state index is 13.2. The molecule has 0 amide bonds. The molecule has 2 N–H and O–H groups in total. The Hall–Kier alpha value is -1.23. The van der Waals surface area contributed by atoms with Gasteiger partial charge in [-0.2, -0.15) is 0 Å². The third-order valence-electron chi connectivity index (χ3n) is 3.19. The fourth-order valence-electron chi connectivity index (χ4n) is 2.02. The zero-order valence-electron chi connectivity index (χ0n) is 11.2. The molecule has 1 unspecified atom stereocenters. The zero-order valence-corrected chi connectivity index (χ0v) is 12.8. The molecular weight excluding hydrogens is 321 g/mol. The van der Waals surface area contributed by atoms with E-state index in [4.69, 9.17) is 0 Å². The summed E-state index contributed by atoms with van der Waals surface area (Å²) in [7, 11) is 0. The number of hydrogen-bond acceptors (Lipinski definition) is 2. The first-order valence-electron chi connectivity index (χ1n) is 6.41. The van der Waals surface area contributed by atoms with E-state index in [1.54, 1.807) is 13.0 Å². The van der Waals surface area contributed by atoms with E-state index in [9.17, 15) is 9.50 Å². The van der Waals surface area contributed by atoms with Gasteiger partial charge in [0.15, 0.2) is 0 Å². The summed E-state index contributed by atoms with van der Waals surface area (Å²) in [4.78, 5) is 0. The van der Waals surface area contributed by atoms with E-state index in [1.165, 1.54) is 12.1 Å². The van der Waals surface area contributed by atoms with Crippen molar-refractivity contribution in [3.8, 4) is 0 Å². The number of aliphatic hydroxyl groups is 1. The van der Waals surface area contributed by atoms with Crippen LogP contribution in [0.4, 0.5) is 4.39 Å². The van der Waals surface area contributed by atoms with Crippen molar-refractivity contribution in [2.75, 3.05) is 6.54 Å². The second-order valence-electron chi connectivity index (χ2n) is 4.98. The molecule has 2 aromatic carbocycles. The smallest absolute Gasteiger partial charge is 0.123 e. The van der Waals surface area contributed by atoms with Crippen molar-refractivity contribution in [3.63, 3.8) is 0 Å². The predicted molar refractivity (Wildman–Crippen MR) is 81.8 cm³/mol. The van der Waals surface area contributed by atoms with Gasteiger partial charge in [-0.05, 0) is 36.2 Å². The van der Waals surface area contributed by atoms with Gasteiger partial charge >= 0.3 is 0 Å². The molecule has 2 aromatic rings. The SMILES string of the molecule is CC(O)(CNCc1cc(F)ccc1Br)c1ccccc1. The Bertz CT molecular complexity index is 572. The molecule has 0 aromatic heterocycles. The van der Waals surface area contributed by atoms with Gasteiger partial charge in [-0.1, -0.05) is 46.3 Å². The van der Waals surface area contributed by atoms with Gasteiger partial charge in [0.2, 0.25) is 0 Å². The predicted octanol–water partition coefficient (Wildman–Crippen LogP) is 3.59. The third-order valence-corrected chi connectivity index (χ3v) is 3.96. The lowest BCUT2D eigenvalue weighted by atomic mass is 9.96. The normalized spacial score (nSPS) is 14.0. The molecule has 2 rings (SSSR count). The van der Waals surface area contributed by atoms with Gasteiger partial charge in [0, 0.05) is 17.6 Å². The van der Waals surface area contributed by atoms with Gasteiger partial charge in [0.05, 0.1) is 5.60 Å². The number of benzene rings is 2. The van der Waals surface area contributed by atoms with Crippen molar-refractivity contribution in [1.29, 1.82) is 0 Å². The third kappa shape index (κ3) is 3.88. The van der Waals surface area contributed by atoms with Crippen molar-refractivity contribution >= 4 is 15.9 Å². The first kappa shape index (κ1) is 15.2. The summed E-state index contributed by atoms with van der Waals surface area (Å²) in [6.45, 7) is 2.64. The summed E-state index contributed by atoms with van der Waals surface area (Å²) in [5.41, 5.74) is 0.723. The number of nitrogens with one attached hydrogen (secondary N) is 1.